The van der Waals surface area contributed by atoms with Crippen molar-refractivity contribution in [1.82, 2.24) is 29.8 Å². The van der Waals surface area contributed by atoms with Gasteiger partial charge in [0.15, 0.2) is 11.5 Å². The SMILES string of the molecule is CNc1ncnc2c1ncn2[C@@H]1CC[C@@H](NC(=O)c2ccc(C)nc2)[C@@H](O)[C@@H]1O. The molecule has 0 radical (unpaired) electrons. The minimum atomic E-state index is -1.13. The van der Waals surface area contributed by atoms with Crippen molar-refractivity contribution in [3.05, 3.63) is 42.2 Å². The number of aromatic nitrogens is 5. The Labute approximate surface area is 167 Å². The Morgan fingerprint density at radius 1 is 1.14 bits per heavy atom. The van der Waals surface area contributed by atoms with Gasteiger partial charge in [0.05, 0.1) is 24.0 Å². The number of nitrogens with zero attached hydrogens (tertiary/aromatic N) is 5. The Bertz CT molecular complexity index is 1020. The summed E-state index contributed by atoms with van der Waals surface area (Å²) in [4.78, 5) is 29.3. The van der Waals surface area contributed by atoms with Crippen molar-refractivity contribution >= 4 is 22.9 Å². The third kappa shape index (κ3) is 3.52. The lowest BCUT2D eigenvalue weighted by atomic mass is 9.85. The Kier molecular flexibility index (Phi) is 5.12. The van der Waals surface area contributed by atoms with Gasteiger partial charge in [0.25, 0.3) is 5.91 Å². The number of carbonyl (C=O) groups excluding carboxylic acids is 1. The zero-order valence-corrected chi connectivity index (χ0v) is 16.1. The highest BCUT2D eigenvalue weighted by molar-refractivity contribution is 5.94. The summed E-state index contributed by atoms with van der Waals surface area (Å²) in [5.74, 6) is 0.267. The molecule has 4 atom stereocenters. The lowest BCUT2D eigenvalue weighted by molar-refractivity contribution is -0.0552. The third-order valence-corrected chi connectivity index (χ3v) is 5.37. The van der Waals surface area contributed by atoms with Gasteiger partial charge in [0, 0.05) is 18.9 Å². The number of hydrogen-bond donors (Lipinski definition) is 4. The molecule has 152 valence electrons. The number of aliphatic hydroxyl groups is 2. The van der Waals surface area contributed by atoms with Crippen LogP contribution in [0.1, 0.15) is 34.9 Å². The smallest absolute Gasteiger partial charge is 0.253 e. The summed E-state index contributed by atoms with van der Waals surface area (Å²) in [5.41, 5.74) is 2.40. The van der Waals surface area contributed by atoms with Crippen LogP contribution in [-0.2, 0) is 0 Å². The van der Waals surface area contributed by atoms with E-state index in [-0.39, 0.29) is 5.91 Å². The Hall–Kier alpha value is -3.11. The zero-order valence-electron chi connectivity index (χ0n) is 16.1. The predicted molar refractivity (Wildman–Crippen MR) is 105 cm³/mol. The molecule has 0 aliphatic heterocycles. The lowest BCUT2D eigenvalue weighted by Crippen LogP contribution is -2.54. The molecule has 3 heterocycles. The van der Waals surface area contributed by atoms with E-state index in [0.29, 0.717) is 35.4 Å². The van der Waals surface area contributed by atoms with Gasteiger partial charge in [-0.25, -0.2) is 15.0 Å². The molecule has 1 aliphatic rings. The Balaban J connectivity index is 1.51. The van der Waals surface area contributed by atoms with Crippen LogP contribution in [0.15, 0.2) is 31.0 Å². The molecule has 4 N–H and O–H groups in total. The first-order chi connectivity index (χ1) is 14.0. The van der Waals surface area contributed by atoms with Crippen LogP contribution in [-0.4, -0.2) is 65.9 Å². The van der Waals surface area contributed by atoms with Crippen LogP contribution >= 0.6 is 0 Å². The molecule has 3 aromatic heterocycles. The molecule has 29 heavy (non-hydrogen) atoms. The van der Waals surface area contributed by atoms with Gasteiger partial charge < -0.3 is 25.4 Å². The quantitative estimate of drug-likeness (QED) is 0.497. The van der Waals surface area contributed by atoms with E-state index < -0.39 is 24.3 Å². The van der Waals surface area contributed by atoms with Gasteiger partial charge >= 0.3 is 0 Å². The molecule has 4 rings (SSSR count). The second kappa shape index (κ2) is 7.72. The first kappa shape index (κ1) is 19.2. The van der Waals surface area contributed by atoms with Crippen LogP contribution in [0.4, 0.5) is 5.82 Å². The van der Waals surface area contributed by atoms with Gasteiger partial charge in [0.2, 0.25) is 0 Å². The molecule has 0 aromatic carbocycles. The van der Waals surface area contributed by atoms with Gasteiger partial charge in [0.1, 0.15) is 24.1 Å². The van der Waals surface area contributed by atoms with Crippen molar-refractivity contribution in [2.45, 2.75) is 44.1 Å². The van der Waals surface area contributed by atoms with E-state index in [2.05, 4.69) is 30.6 Å². The second-order valence-corrected chi connectivity index (χ2v) is 7.19. The summed E-state index contributed by atoms with van der Waals surface area (Å²) in [6.07, 6.45) is 3.34. The number of hydrogen-bond acceptors (Lipinski definition) is 8. The van der Waals surface area contributed by atoms with Crippen LogP contribution in [0, 0.1) is 6.92 Å². The van der Waals surface area contributed by atoms with Gasteiger partial charge in [-0.1, -0.05) is 0 Å². The minimum absolute atomic E-state index is 0.327. The summed E-state index contributed by atoms with van der Waals surface area (Å²) in [6.45, 7) is 1.84. The van der Waals surface area contributed by atoms with E-state index in [9.17, 15) is 15.0 Å². The number of rotatable bonds is 4. The molecular formula is C19H23N7O3. The highest BCUT2D eigenvalue weighted by Gasteiger charge is 2.39. The fourth-order valence-corrected chi connectivity index (χ4v) is 3.75. The number of anilines is 1. The maximum Gasteiger partial charge on any atom is 0.253 e. The second-order valence-electron chi connectivity index (χ2n) is 7.19. The van der Waals surface area contributed by atoms with Gasteiger partial charge in [-0.05, 0) is 31.9 Å². The standard InChI is InChI=1S/C19H23N7O3/c1-10-3-4-11(7-21-10)19(29)25-12-5-6-13(16(28)15(12)27)26-9-24-14-17(20-2)22-8-23-18(14)26/h3-4,7-9,12-13,15-16,27-28H,5-6H2,1-2H3,(H,25,29)(H,20,22,23)/t12-,13-,15-,16-/m1/s1. The molecular weight excluding hydrogens is 374 g/mol. The van der Waals surface area contributed by atoms with Crippen molar-refractivity contribution in [3.63, 3.8) is 0 Å². The molecule has 0 saturated heterocycles. The van der Waals surface area contributed by atoms with Gasteiger partial charge in [-0.3, -0.25) is 9.78 Å². The summed E-state index contributed by atoms with van der Waals surface area (Å²) in [5, 5.41) is 27.2. The van der Waals surface area contributed by atoms with Crippen LogP contribution in [0.25, 0.3) is 11.2 Å². The van der Waals surface area contributed by atoms with E-state index >= 15 is 0 Å². The van der Waals surface area contributed by atoms with E-state index in [4.69, 9.17) is 0 Å². The van der Waals surface area contributed by atoms with Crippen molar-refractivity contribution in [1.29, 1.82) is 0 Å². The van der Waals surface area contributed by atoms with Crippen LogP contribution in [0.5, 0.6) is 0 Å². The number of fused-ring (bicyclic) bond motifs is 1. The van der Waals surface area contributed by atoms with Gasteiger partial charge in [-0.2, -0.15) is 0 Å². The first-order valence-corrected chi connectivity index (χ1v) is 9.44. The number of imidazole rings is 1. The maximum absolute atomic E-state index is 12.4. The summed E-state index contributed by atoms with van der Waals surface area (Å²) in [6, 6.07) is 2.46. The molecule has 0 bridgehead atoms. The van der Waals surface area contributed by atoms with E-state index in [1.165, 1.54) is 12.5 Å². The first-order valence-electron chi connectivity index (χ1n) is 9.44. The predicted octanol–water partition coefficient (Wildman–Crippen LogP) is 0.427. The number of nitrogens with one attached hydrogen (secondary N) is 2. The number of amides is 1. The number of aryl methyl sites for hydroxylation is 1. The third-order valence-electron chi connectivity index (χ3n) is 5.37. The van der Waals surface area contributed by atoms with Crippen LogP contribution in [0.3, 0.4) is 0 Å². The summed E-state index contributed by atoms with van der Waals surface area (Å²) >= 11 is 0. The molecule has 10 nitrogen and oxygen atoms in total. The van der Waals surface area contributed by atoms with Crippen molar-refractivity contribution < 1.29 is 15.0 Å². The van der Waals surface area contributed by atoms with Crippen molar-refractivity contribution in [3.8, 4) is 0 Å². The summed E-state index contributed by atoms with van der Waals surface area (Å²) in [7, 11) is 1.75. The minimum Gasteiger partial charge on any atom is -0.388 e. The van der Waals surface area contributed by atoms with E-state index in [1.54, 1.807) is 30.1 Å². The fourth-order valence-electron chi connectivity index (χ4n) is 3.75. The molecule has 1 fully saturated rings. The zero-order chi connectivity index (χ0) is 20.5. The number of pyridine rings is 1. The fraction of sp³-hybridized carbons (Fsp3) is 0.421. The topological polar surface area (TPSA) is 138 Å². The normalized spacial score (nSPS) is 24.4. The molecule has 0 unspecified atom stereocenters. The average Bonchev–Trinajstić information content (AvgIpc) is 3.16. The lowest BCUT2D eigenvalue weighted by Gasteiger charge is -2.38. The van der Waals surface area contributed by atoms with E-state index in [0.717, 1.165) is 5.69 Å². The molecule has 3 aromatic rings. The Morgan fingerprint density at radius 2 is 1.97 bits per heavy atom. The van der Waals surface area contributed by atoms with Crippen molar-refractivity contribution in [2.75, 3.05) is 12.4 Å². The maximum atomic E-state index is 12.4. The van der Waals surface area contributed by atoms with E-state index in [1.807, 2.05) is 6.92 Å². The molecule has 1 aliphatic carbocycles. The van der Waals surface area contributed by atoms with Gasteiger partial charge in [-0.15, -0.1) is 0 Å². The molecule has 1 saturated carbocycles. The average molecular weight is 397 g/mol. The number of aliphatic hydroxyl groups excluding tert-OH is 2. The monoisotopic (exact) mass is 397 g/mol. The van der Waals surface area contributed by atoms with Crippen LogP contribution in [0.2, 0.25) is 0 Å². The molecule has 1 amide bonds. The molecule has 10 heteroatoms. The number of carbonyl (C=O) groups is 1. The summed E-state index contributed by atoms with van der Waals surface area (Å²) < 4.78 is 1.76. The molecule has 0 spiro atoms. The largest absolute Gasteiger partial charge is 0.388 e. The van der Waals surface area contributed by atoms with Crippen molar-refractivity contribution in [2.24, 2.45) is 0 Å². The van der Waals surface area contributed by atoms with Crippen LogP contribution < -0.4 is 10.6 Å². The highest BCUT2D eigenvalue weighted by Crippen LogP contribution is 2.32. The highest BCUT2D eigenvalue weighted by atomic mass is 16.3. The Morgan fingerprint density at radius 3 is 2.69 bits per heavy atom.